The Labute approximate surface area is 158 Å². The van der Waals surface area contributed by atoms with Crippen LogP contribution in [0.15, 0.2) is 29.6 Å². The zero-order valence-corrected chi connectivity index (χ0v) is 16.6. The minimum Gasteiger partial charge on any atom is -0.390 e. The maximum Gasteiger partial charge on any atom is 0.197 e. The van der Waals surface area contributed by atoms with Gasteiger partial charge in [-0.2, -0.15) is 5.10 Å². The Balaban J connectivity index is 2.14. The molecule has 27 heavy (non-hydrogen) atoms. The second-order valence-electron chi connectivity index (χ2n) is 7.32. The lowest BCUT2D eigenvalue weighted by atomic mass is 10.0. The third-order valence-electron chi connectivity index (χ3n) is 4.59. The van der Waals surface area contributed by atoms with E-state index in [2.05, 4.69) is 15.1 Å². The van der Waals surface area contributed by atoms with Crippen molar-refractivity contribution >= 4 is 21.3 Å². The van der Waals surface area contributed by atoms with Gasteiger partial charge in [0.25, 0.3) is 0 Å². The van der Waals surface area contributed by atoms with Gasteiger partial charge < -0.3 is 10.8 Å². The van der Waals surface area contributed by atoms with Gasteiger partial charge in [0.2, 0.25) is 0 Å². The van der Waals surface area contributed by atoms with Crippen LogP contribution in [-0.4, -0.2) is 44.5 Å². The molecule has 2 heterocycles. The summed E-state index contributed by atoms with van der Waals surface area (Å²) >= 11 is 0. The summed E-state index contributed by atoms with van der Waals surface area (Å²) in [6, 6.07) is 3.29. The number of nitrogens with zero attached hydrogens (tertiary/aromatic N) is 4. The van der Waals surface area contributed by atoms with Gasteiger partial charge in [-0.05, 0) is 57.4 Å². The molecule has 2 aromatic heterocycles. The zero-order chi connectivity index (χ0) is 20.0. The van der Waals surface area contributed by atoms with E-state index in [0.29, 0.717) is 16.9 Å². The van der Waals surface area contributed by atoms with Crippen molar-refractivity contribution in [3.8, 4) is 11.3 Å². The molecule has 0 saturated carbocycles. The number of aromatic nitrogens is 4. The van der Waals surface area contributed by atoms with E-state index in [1.165, 1.54) is 6.33 Å². The first-order valence-electron chi connectivity index (χ1n) is 8.50. The average molecular weight is 389 g/mol. The number of nitrogens with two attached hydrogens (primary N) is 1. The zero-order valence-electron chi connectivity index (χ0n) is 15.8. The number of aliphatic hydroxyl groups is 1. The number of rotatable bonds is 5. The van der Waals surface area contributed by atoms with Gasteiger partial charge in [0.15, 0.2) is 21.3 Å². The molecule has 0 bridgehead atoms. The van der Waals surface area contributed by atoms with Gasteiger partial charge >= 0.3 is 0 Å². The van der Waals surface area contributed by atoms with Crippen LogP contribution in [-0.2, 0) is 9.84 Å². The molecule has 0 fully saturated rings. The van der Waals surface area contributed by atoms with E-state index < -0.39 is 15.4 Å². The van der Waals surface area contributed by atoms with Crippen molar-refractivity contribution in [1.29, 1.82) is 0 Å². The average Bonchev–Trinajstić information content (AvgIpc) is 3.00. The van der Waals surface area contributed by atoms with Crippen molar-refractivity contribution in [2.24, 2.45) is 0 Å². The molecule has 0 spiro atoms. The second kappa shape index (κ2) is 6.58. The quantitative estimate of drug-likeness (QED) is 0.683. The first-order chi connectivity index (χ1) is 12.5. The van der Waals surface area contributed by atoms with Crippen LogP contribution in [0.25, 0.3) is 16.9 Å². The molecule has 0 aliphatic rings. The number of hydrogen-bond donors (Lipinski definition) is 2. The van der Waals surface area contributed by atoms with Crippen molar-refractivity contribution in [3.05, 3.63) is 35.8 Å². The van der Waals surface area contributed by atoms with Gasteiger partial charge in [0.1, 0.15) is 6.33 Å². The monoisotopic (exact) mass is 389 g/mol. The van der Waals surface area contributed by atoms with Gasteiger partial charge in [-0.15, -0.1) is 0 Å². The van der Waals surface area contributed by atoms with E-state index in [-0.39, 0.29) is 22.9 Å². The smallest absolute Gasteiger partial charge is 0.197 e. The van der Waals surface area contributed by atoms with E-state index in [1.807, 2.05) is 13.8 Å². The number of fused-ring (bicyclic) bond motifs is 1. The molecule has 0 radical (unpaired) electrons. The van der Waals surface area contributed by atoms with Gasteiger partial charge in [-0.25, -0.2) is 22.9 Å². The molecule has 8 nitrogen and oxygen atoms in total. The molecule has 3 aromatic rings. The van der Waals surface area contributed by atoms with Crippen molar-refractivity contribution in [1.82, 2.24) is 19.6 Å². The highest BCUT2D eigenvalue weighted by Gasteiger charge is 2.23. The molecule has 0 aliphatic heterocycles. The second-order valence-corrected chi connectivity index (χ2v) is 9.43. The number of sulfone groups is 1. The molecule has 3 N–H and O–H groups in total. The molecule has 0 aliphatic carbocycles. The lowest BCUT2D eigenvalue weighted by molar-refractivity contribution is 0.0772. The van der Waals surface area contributed by atoms with Crippen LogP contribution in [0.5, 0.6) is 0 Å². The van der Waals surface area contributed by atoms with E-state index >= 15 is 0 Å². The Kier molecular flexibility index (Phi) is 4.69. The van der Waals surface area contributed by atoms with Gasteiger partial charge in [0.05, 0.1) is 28.1 Å². The number of anilines is 1. The number of hydrogen-bond acceptors (Lipinski definition) is 7. The molecule has 144 valence electrons. The first-order valence-corrected chi connectivity index (χ1v) is 10.2. The maximum atomic E-state index is 12.8. The third-order valence-corrected chi connectivity index (χ3v) is 6.29. The number of aryl methyl sites for hydroxylation is 1. The summed E-state index contributed by atoms with van der Waals surface area (Å²) in [4.78, 5) is 8.39. The Bertz CT molecular complexity index is 1110. The third kappa shape index (κ3) is 3.79. The highest BCUT2D eigenvalue weighted by Crippen LogP contribution is 2.30. The molecular formula is C18H23N5O3S. The molecule has 0 saturated heterocycles. The van der Waals surface area contributed by atoms with E-state index in [4.69, 9.17) is 5.73 Å². The van der Waals surface area contributed by atoms with Crippen LogP contribution < -0.4 is 5.73 Å². The van der Waals surface area contributed by atoms with Crippen LogP contribution in [0.4, 0.5) is 5.82 Å². The Morgan fingerprint density at radius 1 is 1.22 bits per heavy atom. The topological polar surface area (TPSA) is 123 Å². The molecule has 0 atom stereocenters. The Morgan fingerprint density at radius 3 is 2.59 bits per heavy atom. The number of benzene rings is 1. The predicted octanol–water partition coefficient (Wildman–Crippen LogP) is 1.93. The summed E-state index contributed by atoms with van der Waals surface area (Å²) in [7, 11) is -3.55. The number of imidazole rings is 1. The SMILES string of the molecule is Cc1cc(S(=O)(=O)CCC(C)(C)O)cc(-c2cnc3c(N)ncnn23)c1C. The van der Waals surface area contributed by atoms with E-state index in [9.17, 15) is 13.5 Å². The van der Waals surface area contributed by atoms with Gasteiger partial charge in [-0.1, -0.05) is 0 Å². The van der Waals surface area contributed by atoms with Crippen LogP contribution in [0.2, 0.25) is 0 Å². The summed E-state index contributed by atoms with van der Waals surface area (Å²) in [6.07, 6.45) is 3.09. The summed E-state index contributed by atoms with van der Waals surface area (Å²) in [5.41, 5.74) is 8.32. The fraction of sp³-hybridized carbons (Fsp3) is 0.389. The van der Waals surface area contributed by atoms with Crippen molar-refractivity contribution < 1.29 is 13.5 Å². The summed E-state index contributed by atoms with van der Waals surface area (Å²) in [5, 5.41) is 14.1. The lowest BCUT2D eigenvalue weighted by Crippen LogP contribution is -2.23. The van der Waals surface area contributed by atoms with Gasteiger partial charge in [-0.3, -0.25) is 0 Å². The van der Waals surface area contributed by atoms with Crippen LogP contribution in [0, 0.1) is 13.8 Å². The predicted molar refractivity (Wildman–Crippen MR) is 103 cm³/mol. The fourth-order valence-electron chi connectivity index (χ4n) is 2.79. The highest BCUT2D eigenvalue weighted by molar-refractivity contribution is 7.91. The number of nitrogen functional groups attached to an aromatic ring is 1. The standard InChI is InChI=1S/C18H23N5O3S/c1-11-7-13(27(25,26)6-5-18(3,4)24)8-14(12(11)2)15-9-20-17-16(19)21-10-22-23(15)17/h7-10,24H,5-6H2,1-4H3,(H2,19,21,22). The first kappa shape index (κ1) is 19.2. The van der Waals surface area contributed by atoms with Crippen molar-refractivity contribution in [2.75, 3.05) is 11.5 Å². The summed E-state index contributed by atoms with van der Waals surface area (Å²) in [6.45, 7) is 6.97. The molecular weight excluding hydrogens is 366 g/mol. The summed E-state index contributed by atoms with van der Waals surface area (Å²) in [5.74, 6) is 0.111. The minimum absolute atomic E-state index is 0.138. The highest BCUT2D eigenvalue weighted by atomic mass is 32.2. The minimum atomic E-state index is -3.55. The van der Waals surface area contributed by atoms with Gasteiger partial charge in [0, 0.05) is 5.56 Å². The van der Waals surface area contributed by atoms with Crippen LogP contribution in [0.1, 0.15) is 31.4 Å². The Hall–Kier alpha value is -2.52. The largest absolute Gasteiger partial charge is 0.390 e. The van der Waals surface area contributed by atoms with Crippen molar-refractivity contribution in [3.63, 3.8) is 0 Å². The van der Waals surface area contributed by atoms with Crippen LogP contribution in [0.3, 0.4) is 0 Å². The maximum absolute atomic E-state index is 12.8. The normalized spacial score (nSPS) is 12.6. The summed E-state index contributed by atoms with van der Waals surface area (Å²) < 4.78 is 27.2. The molecule has 3 rings (SSSR count). The Morgan fingerprint density at radius 2 is 1.93 bits per heavy atom. The van der Waals surface area contributed by atoms with E-state index in [1.54, 1.807) is 36.7 Å². The molecule has 0 unspecified atom stereocenters. The lowest BCUT2D eigenvalue weighted by Gasteiger charge is -2.17. The van der Waals surface area contributed by atoms with E-state index in [0.717, 1.165) is 11.1 Å². The molecule has 1 aromatic carbocycles. The van der Waals surface area contributed by atoms with Crippen LogP contribution >= 0.6 is 0 Å². The van der Waals surface area contributed by atoms with Crippen molar-refractivity contribution in [2.45, 2.75) is 44.6 Å². The fourth-order valence-corrected chi connectivity index (χ4v) is 4.45. The molecule has 0 amide bonds. The molecule has 9 heteroatoms.